The molecule has 1 N–H and O–H groups in total. The molecule has 1 amide bonds. The van der Waals surface area contributed by atoms with Crippen molar-refractivity contribution in [2.45, 2.75) is 32.3 Å². The Hall–Kier alpha value is -2.60. The number of carbonyl (C=O) groups is 2. The summed E-state index contributed by atoms with van der Waals surface area (Å²) in [4.78, 5) is 25.5. The first-order valence-corrected chi connectivity index (χ1v) is 8.81. The second-order valence-electron chi connectivity index (χ2n) is 6.63. The monoisotopic (exact) mass is 357 g/mol. The summed E-state index contributed by atoms with van der Waals surface area (Å²) in [6, 6.07) is 9.48. The van der Waals surface area contributed by atoms with E-state index in [0.29, 0.717) is 26.1 Å². The summed E-state index contributed by atoms with van der Waals surface area (Å²) < 4.78 is 10.9. The largest absolute Gasteiger partial charge is 0.478 e. The van der Waals surface area contributed by atoms with Gasteiger partial charge < -0.3 is 19.2 Å². The van der Waals surface area contributed by atoms with Crippen molar-refractivity contribution in [2.24, 2.45) is 0 Å². The number of hydrogen-bond donors (Lipinski definition) is 1. The lowest BCUT2D eigenvalue weighted by molar-refractivity contribution is 0.0505. The fourth-order valence-corrected chi connectivity index (χ4v) is 3.05. The minimum Gasteiger partial charge on any atom is -0.478 e. The molecule has 138 valence electrons. The van der Waals surface area contributed by atoms with Gasteiger partial charge >= 0.3 is 5.97 Å². The van der Waals surface area contributed by atoms with Crippen LogP contribution in [0.25, 0.3) is 0 Å². The van der Waals surface area contributed by atoms with Crippen LogP contribution in [0.2, 0.25) is 0 Å². The number of carbonyl (C=O) groups excluding carboxylic acids is 1. The normalized spacial score (nSPS) is 16.6. The van der Waals surface area contributed by atoms with E-state index < -0.39 is 5.97 Å². The molecule has 2 heterocycles. The Bertz CT molecular complexity index is 759. The maximum atomic E-state index is 12.8. The van der Waals surface area contributed by atoms with Crippen LogP contribution < -0.4 is 0 Å². The molecule has 1 atom stereocenters. The zero-order valence-electron chi connectivity index (χ0n) is 14.8. The van der Waals surface area contributed by atoms with Crippen LogP contribution >= 0.6 is 0 Å². The topological polar surface area (TPSA) is 80.0 Å². The van der Waals surface area contributed by atoms with Crippen molar-refractivity contribution in [1.29, 1.82) is 0 Å². The number of nitrogens with zero attached hydrogens (tertiary/aromatic N) is 1. The number of aromatic carboxylic acids is 1. The molecular weight excluding hydrogens is 334 g/mol. The van der Waals surface area contributed by atoms with Crippen LogP contribution in [0.5, 0.6) is 0 Å². The lowest BCUT2D eigenvalue weighted by Gasteiger charge is -2.24. The standard InChI is InChI=1S/C20H23NO5/c1-14-4-6-15(7-5-14)8-9-21(12-17-3-2-10-25-17)19(22)18-11-16(13-26-18)20(23)24/h4-7,11,13,17H,2-3,8-10,12H2,1H3,(H,23,24). The van der Waals surface area contributed by atoms with Gasteiger partial charge in [-0.15, -0.1) is 0 Å². The highest BCUT2D eigenvalue weighted by Gasteiger charge is 2.25. The summed E-state index contributed by atoms with van der Waals surface area (Å²) >= 11 is 0. The third-order valence-corrected chi connectivity index (χ3v) is 4.58. The molecule has 1 aliphatic rings. The van der Waals surface area contributed by atoms with E-state index in [2.05, 4.69) is 12.1 Å². The van der Waals surface area contributed by atoms with Gasteiger partial charge in [-0.05, 0) is 31.7 Å². The second-order valence-corrected chi connectivity index (χ2v) is 6.63. The van der Waals surface area contributed by atoms with Crippen LogP contribution in [-0.2, 0) is 11.2 Å². The van der Waals surface area contributed by atoms with Crippen molar-refractivity contribution in [3.63, 3.8) is 0 Å². The Kier molecular flexibility index (Phi) is 5.73. The Morgan fingerprint density at radius 2 is 2.04 bits per heavy atom. The molecule has 0 bridgehead atoms. The van der Waals surface area contributed by atoms with E-state index in [-0.39, 0.29) is 23.3 Å². The fraction of sp³-hybridized carbons (Fsp3) is 0.400. The molecule has 1 aromatic heterocycles. The number of carboxylic acid groups (broad SMARTS) is 1. The first-order valence-electron chi connectivity index (χ1n) is 8.81. The van der Waals surface area contributed by atoms with Crippen LogP contribution in [0.4, 0.5) is 0 Å². The van der Waals surface area contributed by atoms with Crippen molar-refractivity contribution >= 4 is 11.9 Å². The van der Waals surface area contributed by atoms with E-state index >= 15 is 0 Å². The number of hydrogen-bond acceptors (Lipinski definition) is 4. The highest BCUT2D eigenvalue weighted by molar-refractivity contribution is 5.95. The number of aryl methyl sites for hydroxylation is 1. The van der Waals surface area contributed by atoms with Crippen LogP contribution in [0.1, 0.15) is 44.9 Å². The highest BCUT2D eigenvalue weighted by atomic mass is 16.5. The predicted molar refractivity (Wildman–Crippen MR) is 95.4 cm³/mol. The molecule has 0 spiro atoms. The van der Waals surface area contributed by atoms with Gasteiger partial charge in [-0.1, -0.05) is 29.8 Å². The smallest absolute Gasteiger partial charge is 0.338 e. The maximum Gasteiger partial charge on any atom is 0.338 e. The van der Waals surface area contributed by atoms with Crippen molar-refractivity contribution in [3.8, 4) is 0 Å². The van der Waals surface area contributed by atoms with Gasteiger partial charge in [0.15, 0.2) is 5.76 Å². The highest BCUT2D eigenvalue weighted by Crippen LogP contribution is 2.17. The molecular formula is C20H23NO5. The summed E-state index contributed by atoms with van der Waals surface area (Å²) in [6.45, 7) is 3.75. The number of benzene rings is 1. The lowest BCUT2D eigenvalue weighted by Crippen LogP contribution is -2.38. The third kappa shape index (κ3) is 4.52. The van der Waals surface area contributed by atoms with Crippen molar-refractivity contribution in [3.05, 3.63) is 59.0 Å². The molecule has 1 unspecified atom stereocenters. The average molecular weight is 357 g/mol. The van der Waals surface area contributed by atoms with E-state index in [0.717, 1.165) is 24.7 Å². The Labute approximate surface area is 152 Å². The van der Waals surface area contributed by atoms with E-state index in [4.69, 9.17) is 14.3 Å². The van der Waals surface area contributed by atoms with Gasteiger partial charge in [0.1, 0.15) is 6.26 Å². The molecule has 3 rings (SSSR count). The van der Waals surface area contributed by atoms with Crippen LogP contribution in [0.15, 0.2) is 41.0 Å². The zero-order valence-corrected chi connectivity index (χ0v) is 14.8. The molecule has 0 saturated carbocycles. The first-order chi connectivity index (χ1) is 12.5. The molecule has 1 saturated heterocycles. The van der Waals surface area contributed by atoms with Crippen molar-refractivity contribution in [2.75, 3.05) is 19.7 Å². The summed E-state index contributed by atoms with van der Waals surface area (Å²) in [5.41, 5.74) is 2.31. The maximum absolute atomic E-state index is 12.8. The van der Waals surface area contributed by atoms with Crippen LogP contribution in [0.3, 0.4) is 0 Å². The van der Waals surface area contributed by atoms with Gasteiger partial charge in [-0.3, -0.25) is 4.79 Å². The number of ether oxygens (including phenoxy) is 1. The van der Waals surface area contributed by atoms with E-state index in [1.165, 1.54) is 11.6 Å². The Morgan fingerprint density at radius 3 is 2.65 bits per heavy atom. The van der Waals surface area contributed by atoms with Crippen molar-refractivity contribution in [1.82, 2.24) is 4.90 Å². The van der Waals surface area contributed by atoms with Gasteiger partial charge in [0.25, 0.3) is 5.91 Å². The number of amides is 1. The molecule has 0 radical (unpaired) electrons. The Balaban J connectivity index is 1.71. The van der Waals surface area contributed by atoms with Crippen molar-refractivity contribution < 1.29 is 23.8 Å². The molecule has 26 heavy (non-hydrogen) atoms. The molecule has 2 aromatic rings. The number of carboxylic acids is 1. The number of furan rings is 1. The third-order valence-electron chi connectivity index (χ3n) is 4.58. The van der Waals surface area contributed by atoms with Crippen LogP contribution in [-0.4, -0.2) is 47.7 Å². The summed E-state index contributed by atoms with van der Waals surface area (Å²) in [6.07, 6.45) is 3.75. The van der Waals surface area contributed by atoms with Gasteiger partial charge in [0.2, 0.25) is 0 Å². The molecule has 1 aromatic carbocycles. The van der Waals surface area contributed by atoms with E-state index in [1.807, 2.05) is 19.1 Å². The summed E-state index contributed by atoms with van der Waals surface area (Å²) in [5, 5.41) is 9.02. The van der Waals surface area contributed by atoms with Crippen LogP contribution in [0, 0.1) is 6.92 Å². The van der Waals surface area contributed by atoms with E-state index in [9.17, 15) is 9.59 Å². The Morgan fingerprint density at radius 1 is 1.27 bits per heavy atom. The average Bonchev–Trinajstić information content (AvgIpc) is 3.31. The van der Waals surface area contributed by atoms with Gasteiger partial charge in [-0.2, -0.15) is 0 Å². The van der Waals surface area contributed by atoms with Gasteiger partial charge in [0, 0.05) is 25.8 Å². The fourth-order valence-electron chi connectivity index (χ4n) is 3.05. The molecule has 1 aliphatic heterocycles. The SMILES string of the molecule is Cc1ccc(CCN(CC2CCCO2)C(=O)c2cc(C(=O)O)co2)cc1. The summed E-state index contributed by atoms with van der Waals surface area (Å²) in [7, 11) is 0. The van der Waals surface area contributed by atoms with Gasteiger partial charge in [0.05, 0.1) is 11.7 Å². The minimum absolute atomic E-state index is 0.0193. The molecule has 0 aliphatic carbocycles. The molecule has 1 fully saturated rings. The minimum atomic E-state index is -1.11. The molecule has 6 heteroatoms. The predicted octanol–water partition coefficient (Wildman–Crippen LogP) is 3.15. The summed E-state index contributed by atoms with van der Waals surface area (Å²) in [5.74, 6) is -1.37. The van der Waals surface area contributed by atoms with E-state index in [1.54, 1.807) is 4.90 Å². The quantitative estimate of drug-likeness (QED) is 0.823. The molecule has 6 nitrogen and oxygen atoms in total. The zero-order chi connectivity index (χ0) is 18.5. The first kappa shape index (κ1) is 18.2. The number of rotatable bonds is 7. The second kappa shape index (κ2) is 8.19. The van der Waals surface area contributed by atoms with Gasteiger partial charge in [-0.25, -0.2) is 4.79 Å². The lowest BCUT2D eigenvalue weighted by atomic mass is 10.1.